The molecule has 0 aliphatic carbocycles. The van der Waals surface area contributed by atoms with Crippen molar-refractivity contribution in [1.29, 1.82) is 0 Å². The van der Waals surface area contributed by atoms with Crippen molar-refractivity contribution in [1.82, 2.24) is 0 Å². The van der Waals surface area contributed by atoms with E-state index in [4.69, 9.17) is 4.74 Å². The number of hydrogen-bond donors (Lipinski definition) is 1. The summed E-state index contributed by atoms with van der Waals surface area (Å²) in [5.74, 6) is 0.258. The summed E-state index contributed by atoms with van der Waals surface area (Å²) in [5, 5.41) is 9.96. The van der Waals surface area contributed by atoms with E-state index in [0.29, 0.717) is 0 Å². The number of ether oxygens (including phenoxy) is 1. The Morgan fingerprint density at radius 2 is 2.17 bits per heavy atom. The molecule has 0 aromatic rings. The molecule has 0 saturated carbocycles. The van der Waals surface area contributed by atoms with Gasteiger partial charge in [0.1, 0.15) is 0 Å². The number of aliphatic hydroxyl groups excluding tert-OH is 1. The minimum absolute atomic E-state index is 0.202. The standard InChI is InChI=1S/C9H15BrO2/c1-5-6-3-4-7(12-6)9(2,10)8(5)11/h5-8,11H,3-4H2,1-2H3/t5-,6+,7-,8-,9+/m0/s1. The molecule has 2 bridgehead atoms. The van der Waals surface area contributed by atoms with Crippen LogP contribution in [-0.4, -0.2) is 27.7 Å². The monoisotopic (exact) mass is 234 g/mol. The molecule has 1 N–H and O–H groups in total. The second-order valence-electron chi connectivity index (χ2n) is 4.20. The van der Waals surface area contributed by atoms with Crippen molar-refractivity contribution >= 4 is 15.9 Å². The van der Waals surface area contributed by atoms with E-state index in [-0.39, 0.29) is 28.6 Å². The van der Waals surface area contributed by atoms with Gasteiger partial charge in [0.15, 0.2) is 0 Å². The van der Waals surface area contributed by atoms with Crippen LogP contribution in [0.15, 0.2) is 0 Å². The van der Waals surface area contributed by atoms with Gasteiger partial charge in [-0.2, -0.15) is 0 Å². The molecule has 2 heterocycles. The lowest BCUT2D eigenvalue weighted by molar-refractivity contribution is -0.109. The first-order valence-electron chi connectivity index (χ1n) is 4.56. The van der Waals surface area contributed by atoms with Gasteiger partial charge < -0.3 is 9.84 Å². The Labute approximate surface area is 81.4 Å². The highest BCUT2D eigenvalue weighted by Gasteiger charge is 2.52. The topological polar surface area (TPSA) is 29.5 Å². The first-order valence-corrected chi connectivity index (χ1v) is 5.35. The SMILES string of the molecule is C[C@H]1[C@H]2CC[C@H](O2)[C@@](C)(Br)[C@H]1O. The number of alkyl halides is 1. The van der Waals surface area contributed by atoms with E-state index < -0.39 is 0 Å². The van der Waals surface area contributed by atoms with Crippen LogP contribution in [0.4, 0.5) is 0 Å². The Bertz CT molecular complexity index is 193. The van der Waals surface area contributed by atoms with Gasteiger partial charge in [0.2, 0.25) is 0 Å². The molecule has 0 radical (unpaired) electrons. The Hall–Kier alpha value is 0.400. The first kappa shape index (κ1) is 8.97. The van der Waals surface area contributed by atoms with Crippen LogP contribution in [0.3, 0.4) is 0 Å². The second-order valence-corrected chi connectivity index (χ2v) is 5.90. The van der Waals surface area contributed by atoms with Crippen molar-refractivity contribution in [3.05, 3.63) is 0 Å². The lowest BCUT2D eigenvalue weighted by Gasteiger charge is -2.42. The minimum Gasteiger partial charge on any atom is -0.391 e. The number of aliphatic hydroxyl groups is 1. The quantitative estimate of drug-likeness (QED) is 0.647. The van der Waals surface area contributed by atoms with Gasteiger partial charge in [0, 0.05) is 5.92 Å². The molecule has 2 saturated heterocycles. The Balaban J connectivity index is 2.26. The van der Waals surface area contributed by atoms with E-state index in [0.717, 1.165) is 12.8 Å². The predicted octanol–water partition coefficient (Wildman–Crippen LogP) is 1.70. The third-order valence-corrected chi connectivity index (χ3v) is 4.32. The Morgan fingerprint density at radius 1 is 1.50 bits per heavy atom. The van der Waals surface area contributed by atoms with Crippen LogP contribution in [0.1, 0.15) is 26.7 Å². The minimum atomic E-state index is -0.274. The van der Waals surface area contributed by atoms with Gasteiger partial charge >= 0.3 is 0 Å². The van der Waals surface area contributed by atoms with Crippen LogP contribution in [0.5, 0.6) is 0 Å². The summed E-state index contributed by atoms with van der Waals surface area (Å²) >= 11 is 3.58. The van der Waals surface area contributed by atoms with Gasteiger partial charge in [0.25, 0.3) is 0 Å². The Morgan fingerprint density at radius 3 is 2.83 bits per heavy atom. The Kier molecular flexibility index (Phi) is 2.01. The maximum Gasteiger partial charge on any atom is 0.0766 e. The van der Waals surface area contributed by atoms with Crippen molar-refractivity contribution in [2.24, 2.45) is 5.92 Å². The van der Waals surface area contributed by atoms with Crippen LogP contribution in [0, 0.1) is 5.92 Å². The molecule has 5 atom stereocenters. The second kappa shape index (κ2) is 2.69. The maximum atomic E-state index is 9.96. The van der Waals surface area contributed by atoms with E-state index in [1.807, 2.05) is 6.92 Å². The molecule has 3 heteroatoms. The molecule has 0 unspecified atom stereocenters. The molecular weight excluding hydrogens is 220 g/mol. The smallest absolute Gasteiger partial charge is 0.0766 e. The lowest BCUT2D eigenvalue weighted by Crippen LogP contribution is -2.53. The van der Waals surface area contributed by atoms with E-state index in [1.54, 1.807) is 0 Å². The fourth-order valence-corrected chi connectivity index (χ4v) is 3.13. The van der Waals surface area contributed by atoms with Crippen LogP contribution in [0.25, 0.3) is 0 Å². The third kappa shape index (κ3) is 1.06. The van der Waals surface area contributed by atoms with Crippen molar-refractivity contribution in [3.63, 3.8) is 0 Å². The summed E-state index contributed by atoms with van der Waals surface area (Å²) in [6.45, 7) is 4.09. The van der Waals surface area contributed by atoms with Crippen LogP contribution in [0.2, 0.25) is 0 Å². The highest BCUT2D eigenvalue weighted by atomic mass is 79.9. The highest BCUT2D eigenvalue weighted by Crippen LogP contribution is 2.46. The zero-order valence-electron chi connectivity index (χ0n) is 7.46. The third-order valence-electron chi connectivity index (χ3n) is 3.34. The highest BCUT2D eigenvalue weighted by molar-refractivity contribution is 9.10. The molecule has 2 rings (SSSR count). The molecular formula is C9H15BrO2. The number of halogens is 1. The summed E-state index contributed by atoms with van der Waals surface area (Å²) in [7, 11) is 0. The van der Waals surface area contributed by atoms with Gasteiger partial charge in [-0.3, -0.25) is 0 Å². The summed E-state index contributed by atoms with van der Waals surface area (Å²) in [6.07, 6.45) is 2.39. The molecule has 70 valence electrons. The number of rotatable bonds is 0. The molecule has 0 aromatic heterocycles. The predicted molar refractivity (Wildman–Crippen MR) is 50.4 cm³/mol. The maximum absolute atomic E-state index is 9.96. The van der Waals surface area contributed by atoms with Gasteiger partial charge in [-0.1, -0.05) is 22.9 Å². The van der Waals surface area contributed by atoms with E-state index in [9.17, 15) is 5.11 Å². The summed E-state index contributed by atoms with van der Waals surface area (Å²) in [5.41, 5.74) is 0. The zero-order valence-corrected chi connectivity index (χ0v) is 9.04. The fourth-order valence-electron chi connectivity index (χ4n) is 2.37. The van der Waals surface area contributed by atoms with Crippen molar-refractivity contribution in [2.45, 2.75) is 49.3 Å². The average molecular weight is 235 g/mol. The van der Waals surface area contributed by atoms with Crippen LogP contribution < -0.4 is 0 Å². The van der Waals surface area contributed by atoms with E-state index in [2.05, 4.69) is 22.9 Å². The van der Waals surface area contributed by atoms with Crippen LogP contribution in [-0.2, 0) is 4.74 Å². The van der Waals surface area contributed by atoms with Gasteiger partial charge in [-0.05, 0) is 19.8 Å². The van der Waals surface area contributed by atoms with E-state index >= 15 is 0 Å². The van der Waals surface area contributed by atoms with Crippen LogP contribution >= 0.6 is 15.9 Å². The first-order chi connectivity index (χ1) is 5.53. The largest absolute Gasteiger partial charge is 0.391 e. The molecule has 2 fully saturated rings. The fraction of sp³-hybridized carbons (Fsp3) is 1.00. The molecule has 2 aliphatic heterocycles. The van der Waals surface area contributed by atoms with Gasteiger partial charge in [-0.25, -0.2) is 0 Å². The number of hydrogen-bond acceptors (Lipinski definition) is 2. The normalized spacial score (nSPS) is 59.0. The molecule has 12 heavy (non-hydrogen) atoms. The number of fused-ring (bicyclic) bond motifs is 2. The molecule has 2 aliphatic rings. The molecule has 0 aromatic carbocycles. The average Bonchev–Trinajstić information content (AvgIpc) is 2.46. The summed E-state index contributed by atoms with van der Waals surface area (Å²) in [4.78, 5) is 0. The zero-order chi connectivity index (χ0) is 8.93. The molecule has 0 amide bonds. The molecule has 2 nitrogen and oxygen atoms in total. The molecule has 0 spiro atoms. The summed E-state index contributed by atoms with van der Waals surface area (Å²) in [6, 6.07) is 0. The van der Waals surface area contributed by atoms with Crippen molar-refractivity contribution in [2.75, 3.05) is 0 Å². The van der Waals surface area contributed by atoms with E-state index in [1.165, 1.54) is 0 Å². The lowest BCUT2D eigenvalue weighted by atomic mass is 9.87. The summed E-state index contributed by atoms with van der Waals surface area (Å²) < 4.78 is 5.55. The van der Waals surface area contributed by atoms with Gasteiger partial charge in [0.05, 0.1) is 22.6 Å². The van der Waals surface area contributed by atoms with Crippen molar-refractivity contribution < 1.29 is 9.84 Å². The van der Waals surface area contributed by atoms with Gasteiger partial charge in [-0.15, -0.1) is 0 Å². The van der Waals surface area contributed by atoms with Crippen molar-refractivity contribution in [3.8, 4) is 0 Å².